The molecular weight excluding hydrogens is 416 g/mol. The first kappa shape index (κ1) is 21.3. The second-order valence-electron chi connectivity index (χ2n) is 8.41. The molecule has 0 fully saturated rings. The van der Waals surface area contributed by atoms with E-state index in [0.717, 1.165) is 41.5 Å². The Labute approximate surface area is 194 Å². The Kier molecular flexibility index (Phi) is 5.92. The number of rotatable bonds is 5. The Balaban J connectivity index is 1.40. The van der Waals surface area contributed by atoms with Gasteiger partial charge in [0, 0.05) is 13.1 Å². The van der Waals surface area contributed by atoms with Gasteiger partial charge in [-0.25, -0.2) is 0 Å². The van der Waals surface area contributed by atoms with Gasteiger partial charge in [0.15, 0.2) is 11.5 Å². The quantitative estimate of drug-likeness (QED) is 0.590. The molecule has 2 aliphatic heterocycles. The first-order valence-electron chi connectivity index (χ1n) is 11.2. The third kappa shape index (κ3) is 4.14. The summed E-state index contributed by atoms with van der Waals surface area (Å²) >= 11 is 0. The number of fused-ring (bicyclic) bond motifs is 2. The van der Waals surface area contributed by atoms with Gasteiger partial charge < -0.3 is 14.2 Å². The maximum atomic E-state index is 13.7. The summed E-state index contributed by atoms with van der Waals surface area (Å²) in [4.78, 5) is 17.9. The van der Waals surface area contributed by atoms with Crippen molar-refractivity contribution in [2.75, 3.05) is 38.8 Å². The molecule has 0 spiro atoms. The highest BCUT2D eigenvalue weighted by molar-refractivity contribution is 5.97. The fourth-order valence-corrected chi connectivity index (χ4v) is 4.76. The van der Waals surface area contributed by atoms with Crippen LogP contribution in [0.15, 0.2) is 66.7 Å². The average molecular weight is 445 g/mol. The largest absolute Gasteiger partial charge is 0.493 e. The number of hydrogen-bond donors (Lipinski definition) is 0. The Morgan fingerprint density at radius 3 is 2.42 bits per heavy atom. The summed E-state index contributed by atoms with van der Waals surface area (Å²) in [5, 5.41) is 0. The van der Waals surface area contributed by atoms with E-state index < -0.39 is 0 Å². The van der Waals surface area contributed by atoms with Crippen LogP contribution in [0.5, 0.6) is 17.2 Å². The van der Waals surface area contributed by atoms with E-state index in [1.807, 2.05) is 53.4 Å². The van der Waals surface area contributed by atoms with E-state index in [9.17, 15) is 4.79 Å². The minimum absolute atomic E-state index is 0.0727. The summed E-state index contributed by atoms with van der Waals surface area (Å²) < 4.78 is 17.0. The van der Waals surface area contributed by atoms with Gasteiger partial charge in [-0.2, -0.15) is 0 Å². The van der Waals surface area contributed by atoms with Crippen LogP contribution in [-0.2, 0) is 17.8 Å². The van der Waals surface area contributed by atoms with Crippen molar-refractivity contribution in [2.24, 2.45) is 0 Å². The van der Waals surface area contributed by atoms with Gasteiger partial charge >= 0.3 is 0 Å². The molecule has 33 heavy (non-hydrogen) atoms. The topological polar surface area (TPSA) is 51.2 Å². The monoisotopic (exact) mass is 444 g/mol. The lowest BCUT2D eigenvalue weighted by molar-refractivity contribution is -0.120. The molecule has 0 aromatic heterocycles. The van der Waals surface area contributed by atoms with E-state index >= 15 is 0 Å². The van der Waals surface area contributed by atoms with Crippen LogP contribution in [0.25, 0.3) is 0 Å². The summed E-state index contributed by atoms with van der Waals surface area (Å²) in [5.74, 6) is 2.29. The zero-order chi connectivity index (χ0) is 22.8. The first-order valence-corrected chi connectivity index (χ1v) is 11.2. The molecule has 6 nitrogen and oxygen atoms in total. The van der Waals surface area contributed by atoms with Crippen molar-refractivity contribution in [2.45, 2.75) is 19.0 Å². The van der Waals surface area contributed by atoms with Gasteiger partial charge in [0.25, 0.3) is 0 Å². The first-order chi connectivity index (χ1) is 16.2. The molecule has 3 aromatic carbocycles. The van der Waals surface area contributed by atoms with E-state index in [1.54, 1.807) is 14.2 Å². The molecule has 0 saturated carbocycles. The Hall–Kier alpha value is -3.51. The lowest BCUT2D eigenvalue weighted by atomic mass is 9.98. The Bertz CT molecular complexity index is 1150. The molecule has 2 heterocycles. The van der Waals surface area contributed by atoms with Crippen LogP contribution < -0.4 is 19.1 Å². The lowest BCUT2D eigenvalue weighted by Crippen LogP contribution is -2.47. The number of methoxy groups -OCH3 is 2. The van der Waals surface area contributed by atoms with Gasteiger partial charge in [-0.05, 0) is 47.4 Å². The summed E-state index contributed by atoms with van der Waals surface area (Å²) in [6, 6.07) is 21.8. The van der Waals surface area contributed by atoms with Gasteiger partial charge in [-0.3, -0.25) is 14.6 Å². The molecule has 3 aromatic rings. The number of benzene rings is 3. The van der Waals surface area contributed by atoms with Crippen molar-refractivity contribution >= 4 is 11.6 Å². The Morgan fingerprint density at radius 1 is 0.970 bits per heavy atom. The molecule has 2 aliphatic rings. The summed E-state index contributed by atoms with van der Waals surface area (Å²) in [6.45, 7) is 2.29. The molecule has 170 valence electrons. The maximum absolute atomic E-state index is 13.7. The third-order valence-electron chi connectivity index (χ3n) is 6.44. The SMILES string of the molecule is COc1cc2c(cc1OC)CN(CC(=O)N1c3ccccc3OC[C@H]1c1ccccc1)CC2. The van der Waals surface area contributed by atoms with Crippen molar-refractivity contribution in [1.29, 1.82) is 0 Å². The van der Waals surface area contributed by atoms with Gasteiger partial charge in [-0.1, -0.05) is 42.5 Å². The molecule has 0 aliphatic carbocycles. The number of anilines is 1. The number of hydrogen-bond acceptors (Lipinski definition) is 5. The minimum atomic E-state index is -0.157. The van der Waals surface area contributed by atoms with Gasteiger partial charge in [-0.15, -0.1) is 0 Å². The van der Waals surface area contributed by atoms with Crippen LogP contribution >= 0.6 is 0 Å². The fourth-order valence-electron chi connectivity index (χ4n) is 4.76. The van der Waals surface area contributed by atoms with Crippen LogP contribution in [0.1, 0.15) is 22.7 Å². The van der Waals surface area contributed by atoms with Crippen LogP contribution in [0.3, 0.4) is 0 Å². The van der Waals surface area contributed by atoms with E-state index in [4.69, 9.17) is 14.2 Å². The average Bonchev–Trinajstić information content (AvgIpc) is 2.87. The van der Waals surface area contributed by atoms with Crippen LogP contribution in [0.4, 0.5) is 5.69 Å². The molecule has 1 amide bonds. The van der Waals surface area contributed by atoms with Crippen LogP contribution in [-0.4, -0.2) is 44.7 Å². The molecular formula is C27H28N2O4. The molecule has 5 rings (SSSR count). The molecule has 6 heteroatoms. The van der Waals surface area contributed by atoms with Crippen LogP contribution in [0.2, 0.25) is 0 Å². The Morgan fingerprint density at radius 2 is 1.67 bits per heavy atom. The molecule has 0 N–H and O–H groups in total. The highest BCUT2D eigenvalue weighted by Gasteiger charge is 2.34. The van der Waals surface area contributed by atoms with Gasteiger partial charge in [0.05, 0.1) is 32.5 Å². The zero-order valence-corrected chi connectivity index (χ0v) is 19.0. The molecule has 1 atom stereocenters. The van der Waals surface area contributed by atoms with Crippen molar-refractivity contribution in [3.05, 3.63) is 83.4 Å². The number of carbonyl (C=O) groups excluding carboxylic acids is 1. The summed E-state index contributed by atoms with van der Waals surface area (Å²) in [5.41, 5.74) is 4.32. The summed E-state index contributed by atoms with van der Waals surface area (Å²) in [7, 11) is 3.30. The highest BCUT2D eigenvalue weighted by atomic mass is 16.5. The van der Waals surface area contributed by atoms with Crippen molar-refractivity contribution < 1.29 is 19.0 Å². The van der Waals surface area contributed by atoms with Crippen LogP contribution in [0, 0.1) is 0 Å². The normalized spacial score (nSPS) is 17.5. The van der Waals surface area contributed by atoms with E-state index in [-0.39, 0.29) is 11.9 Å². The minimum Gasteiger partial charge on any atom is -0.493 e. The van der Waals surface area contributed by atoms with E-state index in [0.29, 0.717) is 19.7 Å². The van der Waals surface area contributed by atoms with E-state index in [2.05, 4.69) is 23.1 Å². The predicted molar refractivity (Wildman–Crippen MR) is 127 cm³/mol. The number of amides is 1. The third-order valence-corrected chi connectivity index (χ3v) is 6.44. The lowest BCUT2D eigenvalue weighted by Gasteiger charge is -2.39. The second kappa shape index (κ2) is 9.16. The predicted octanol–water partition coefficient (Wildman–Crippen LogP) is 4.23. The fraction of sp³-hybridized carbons (Fsp3) is 0.296. The number of para-hydroxylation sites is 2. The van der Waals surface area contributed by atoms with Gasteiger partial charge in [0.1, 0.15) is 12.4 Å². The number of nitrogens with zero attached hydrogens (tertiary/aromatic N) is 2. The van der Waals surface area contributed by atoms with Crippen molar-refractivity contribution in [3.63, 3.8) is 0 Å². The number of ether oxygens (including phenoxy) is 3. The second-order valence-corrected chi connectivity index (χ2v) is 8.41. The molecule has 0 bridgehead atoms. The maximum Gasteiger partial charge on any atom is 0.241 e. The highest BCUT2D eigenvalue weighted by Crippen LogP contribution is 2.39. The zero-order valence-electron chi connectivity index (χ0n) is 19.0. The van der Waals surface area contributed by atoms with E-state index in [1.165, 1.54) is 11.1 Å². The summed E-state index contributed by atoms with van der Waals surface area (Å²) in [6.07, 6.45) is 0.866. The van der Waals surface area contributed by atoms with Crippen molar-refractivity contribution in [1.82, 2.24) is 4.90 Å². The number of carbonyl (C=O) groups is 1. The molecule has 0 saturated heterocycles. The molecule has 0 radical (unpaired) electrons. The standard InChI is InChI=1S/C27H28N2O4/c1-31-25-14-20-12-13-28(16-21(20)15-26(25)32-2)17-27(30)29-22-10-6-7-11-24(22)33-18-23(29)19-8-4-3-5-9-19/h3-11,14-15,23H,12-13,16-18H2,1-2H3/t23-/m0/s1. The van der Waals surface area contributed by atoms with Gasteiger partial charge in [0.2, 0.25) is 5.91 Å². The smallest absolute Gasteiger partial charge is 0.241 e. The van der Waals surface area contributed by atoms with Crippen molar-refractivity contribution in [3.8, 4) is 17.2 Å². The molecule has 0 unspecified atom stereocenters.